The van der Waals surface area contributed by atoms with Crippen LogP contribution in [-0.2, 0) is 17.8 Å². The fourth-order valence-electron chi connectivity index (χ4n) is 3.81. The first-order chi connectivity index (χ1) is 16.0. The summed E-state index contributed by atoms with van der Waals surface area (Å²) in [6, 6.07) is 19.6. The van der Waals surface area contributed by atoms with E-state index in [0.717, 1.165) is 33.9 Å². The van der Waals surface area contributed by atoms with Crippen LogP contribution in [0.4, 0.5) is 5.82 Å². The Morgan fingerprint density at radius 1 is 1.12 bits per heavy atom. The molecule has 2 heterocycles. The van der Waals surface area contributed by atoms with Crippen molar-refractivity contribution in [1.82, 2.24) is 15.3 Å². The van der Waals surface area contributed by atoms with Crippen LogP contribution in [0.3, 0.4) is 0 Å². The number of halogens is 1. The maximum Gasteiger partial charge on any atom is 0.222 e. The Balaban J connectivity index is 1.65. The maximum atomic E-state index is 12.6. The molecule has 33 heavy (non-hydrogen) atoms. The van der Waals surface area contributed by atoms with Gasteiger partial charge in [0.25, 0.3) is 0 Å². The Hall–Kier alpha value is -3.38. The molecule has 0 fully saturated rings. The second-order valence-electron chi connectivity index (χ2n) is 7.86. The van der Waals surface area contributed by atoms with Crippen LogP contribution in [0.2, 0.25) is 5.02 Å². The van der Waals surface area contributed by atoms with E-state index in [1.54, 1.807) is 6.26 Å². The number of furan rings is 1. The molecule has 170 valence electrons. The summed E-state index contributed by atoms with van der Waals surface area (Å²) in [5, 5.41) is 4.47. The van der Waals surface area contributed by atoms with E-state index in [1.807, 2.05) is 55.5 Å². The van der Waals surface area contributed by atoms with E-state index in [4.69, 9.17) is 21.0 Å². The van der Waals surface area contributed by atoms with Gasteiger partial charge in [-0.05, 0) is 42.8 Å². The number of benzene rings is 2. The predicted molar refractivity (Wildman–Crippen MR) is 131 cm³/mol. The molecule has 0 spiro atoms. The van der Waals surface area contributed by atoms with Crippen LogP contribution < -0.4 is 10.2 Å². The standard InChI is InChI=1S/C26H27ClN4O2/c1-3-24-29-23-16-20(27)11-12-22(23)26(30-24)31(18(2)19-8-5-4-6-9-19)14-13-25(32)28-17-21-10-7-15-33-21/h4-12,15-16,18H,3,13-14,17H2,1-2H3,(H,28,32)/t18-/m1/s1. The SMILES string of the molecule is CCc1nc(N(CCC(=O)NCc2ccco2)[C@H](C)c2ccccc2)c2ccc(Cl)cc2n1. The topological polar surface area (TPSA) is 71.3 Å². The zero-order valence-corrected chi connectivity index (χ0v) is 19.5. The number of carbonyl (C=O) groups excluding carboxylic acids is 1. The number of anilines is 1. The van der Waals surface area contributed by atoms with Gasteiger partial charge in [0.1, 0.15) is 17.4 Å². The minimum absolute atomic E-state index is 0.00237. The van der Waals surface area contributed by atoms with Gasteiger partial charge in [-0.1, -0.05) is 48.9 Å². The van der Waals surface area contributed by atoms with Gasteiger partial charge >= 0.3 is 0 Å². The smallest absolute Gasteiger partial charge is 0.222 e. The number of nitrogens with one attached hydrogen (secondary N) is 1. The molecule has 0 radical (unpaired) electrons. The molecule has 1 N–H and O–H groups in total. The molecule has 4 aromatic rings. The van der Waals surface area contributed by atoms with Gasteiger partial charge in [0.05, 0.1) is 24.4 Å². The number of fused-ring (bicyclic) bond motifs is 1. The Bertz CT molecular complexity index is 1210. The molecule has 4 rings (SSSR count). The van der Waals surface area contributed by atoms with E-state index in [9.17, 15) is 4.79 Å². The molecule has 1 amide bonds. The van der Waals surface area contributed by atoms with Crippen molar-refractivity contribution in [2.75, 3.05) is 11.4 Å². The molecule has 6 nitrogen and oxygen atoms in total. The largest absolute Gasteiger partial charge is 0.467 e. The summed E-state index contributed by atoms with van der Waals surface area (Å²) in [5.74, 6) is 2.23. The second-order valence-corrected chi connectivity index (χ2v) is 8.30. The highest BCUT2D eigenvalue weighted by atomic mass is 35.5. The number of rotatable bonds is 9. The van der Waals surface area contributed by atoms with Gasteiger partial charge in [0, 0.05) is 29.8 Å². The summed E-state index contributed by atoms with van der Waals surface area (Å²) >= 11 is 6.25. The first-order valence-corrected chi connectivity index (χ1v) is 11.5. The third kappa shape index (κ3) is 5.52. The third-order valence-corrected chi connectivity index (χ3v) is 5.88. The van der Waals surface area contributed by atoms with E-state index < -0.39 is 0 Å². The van der Waals surface area contributed by atoms with Crippen molar-refractivity contribution < 1.29 is 9.21 Å². The van der Waals surface area contributed by atoms with Gasteiger partial charge in [0.2, 0.25) is 5.91 Å². The Morgan fingerprint density at radius 2 is 1.94 bits per heavy atom. The van der Waals surface area contributed by atoms with Gasteiger partial charge in [-0.3, -0.25) is 4.79 Å². The van der Waals surface area contributed by atoms with Crippen LogP contribution in [0.15, 0.2) is 71.3 Å². The van der Waals surface area contributed by atoms with Gasteiger partial charge in [-0.25, -0.2) is 9.97 Å². The monoisotopic (exact) mass is 462 g/mol. The molecule has 0 aliphatic carbocycles. The van der Waals surface area contributed by atoms with E-state index in [1.165, 1.54) is 0 Å². The van der Waals surface area contributed by atoms with E-state index in [-0.39, 0.29) is 11.9 Å². The number of hydrogen-bond donors (Lipinski definition) is 1. The quantitative estimate of drug-likeness (QED) is 0.345. The van der Waals surface area contributed by atoms with Crippen molar-refractivity contribution in [2.24, 2.45) is 0 Å². The summed E-state index contributed by atoms with van der Waals surface area (Å²) in [4.78, 5) is 24.4. The molecule has 0 bridgehead atoms. The van der Waals surface area contributed by atoms with Crippen LogP contribution in [0.25, 0.3) is 10.9 Å². The summed E-state index contributed by atoms with van der Waals surface area (Å²) < 4.78 is 5.31. The minimum Gasteiger partial charge on any atom is -0.467 e. The lowest BCUT2D eigenvalue weighted by atomic mass is 10.1. The molecular weight excluding hydrogens is 436 g/mol. The highest BCUT2D eigenvalue weighted by Gasteiger charge is 2.22. The second kappa shape index (κ2) is 10.5. The average molecular weight is 463 g/mol. The fraction of sp³-hybridized carbons (Fsp3) is 0.269. The van der Waals surface area contributed by atoms with Crippen LogP contribution in [-0.4, -0.2) is 22.4 Å². The van der Waals surface area contributed by atoms with Crippen molar-refractivity contribution >= 4 is 34.2 Å². The van der Waals surface area contributed by atoms with Crippen molar-refractivity contribution in [1.29, 1.82) is 0 Å². The van der Waals surface area contributed by atoms with Crippen LogP contribution in [0.1, 0.15) is 43.5 Å². The number of nitrogens with zero attached hydrogens (tertiary/aromatic N) is 3. The molecule has 7 heteroatoms. The number of carbonyl (C=O) groups is 1. The summed E-state index contributed by atoms with van der Waals surface area (Å²) in [5.41, 5.74) is 1.95. The molecule has 0 aliphatic heterocycles. The van der Waals surface area contributed by atoms with Crippen LogP contribution in [0, 0.1) is 0 Å². The molecule has 1 atom stereocenters. The highest BCUT2D eigenvalue weighted by molar-refractivity contribution is 6.31. The van der Waals surface area contributed by atoms with Crippen LogP contribution >= 0.6 is 11.6 Å². The maximum absolute atomic E-state index is 12.6. The van der Waals surface area contributed by atoms with Crippen molar-refractivity contribution in [3.05, 3.63) is 89.1 Å². The Morgan fingerprint density at radius 3 is 2.67 bits per heavy atom. The molecule has 0 aliphatic rings. The third-order valence-electron chi connectivity index (χ3n) is 5.64. The summed E-state index contributed by atoms with van der Waals surface area (Å²) in [6.07, 6.45) is 2.62. The predicted octanol–water partition coefficient (Wildman–Crippen LogP) is 5.71. The number of hydrogen-bond acceptors (Lipinski definition) is 5. The lowest BCUT2D eigenvalue weighted by Gasteiger charge is -2.31. The number of aryl methyl sites for hydroxylation is 1. The number of amides is 1. The Labute approximate surface area is 198 Å². The number of aromatic nitrogens is 2. The molecule has 0 saturated carbocycles. The van der Waals surface area contributed by atoms with Gasteiger partial charge in [-0.15, -0.1) is 0 Å². The van der Waals surface area contributed by atoms with E-state index >= 15 is 0 Å². The van der Waals surface area contributed by atoms with Crippen molar-refractivity contribution in [3.8, 4) is 0 Å². The van der Waals surface area contributed by atoms with Gasteiger partial charge in [0.15, 0.2) is 0 Å². The van der Waals surface area contributed by atoms with Gasteiger partial charge in [-0.2, -0.15) is 0 Å². The molecule has 0 unspecified atom stereocenters. The molecular formula is C26H27ClN4O2. The highest BCUT2D eigenvalue weighted by Crippen LogP contribution is 2.32. The zero-order chi connectivity index (χ0) is 23.2. The summed E-state index contributed by atoms with van der Waals surface area (Å²) in [6.45, 7) is 5.03. The van der Waals surface area contributed by atoms with E-state index in [0.29, 0.717) is 31.0 Å². The fourth-order valence-corrected chi connectivity index (χ4v) is 3.98. The minimum atomic E-state index is -0.0474. The van der Waals surface area contributed by atoms with Crippen molar-refractivity contribution in [2.45, 2.75) is 39.3 Å². The van der Waals surface area contributed by atoms with Gasteiger partial charge < -0.3 is 14.6 Å². The molecule has 0 saturated heterocycles. The average Bonchev–Trinajstić information content (AvgIpc) is 3.36. The zero-order valence-electron chi connectivity index (χ0n) is 18.8. The van der Waals surface area contributed by atoms with E-state index in [2.05, 4.69) is 34.3 Å². The summed E-state index contributed by atoms with van der Waals surface area (Å²) in [7, 11) is 0. The molecule has 2 aromatic heterocycles. The van der Waals surface area contributed by atoms with Crippen molar-refractivity contribution in [3.63, 3.8) is 0 Å². The Kier molecular flexibility index (Phi) is 7.25. The lowest BCUT2D eigenvalue weighted by molar-refractivity contribution is -0.121. The first kappa shape index (κ1) is 22.8. The normalized spacial score (nSPS) is 12.0. The molecule has 2 aromatic carbocycles. The van der Waals surface area contributed by atoms with Crippen LogP contribution in [0.5, 0.6) is 0 Å². The lowest BCUT2D eigenvalue weighted by Crippen LogP contribution is -2.33. The first-order valence-electron chi connectivity index (χ1n) is 11.1.